The van der Waals surface area contributed by atoms with Gasteiger partial charge in [0.2, 0.25) is 5.91 Å². The van der Waals surface area contributed by atoms with Gasteiger partial charge in [0.1, 0.15) is 18.4 Å². The van der Waals surface area contributed by atoms with Crippen molar-refractivity contribution in [1.82, 2.24) is 15.4 Å². The Labute approximate surface area is 198 Å². The second kappa shape index (κ2) is 9.43. The molecular weight excluding hydrogens is 430 g/mol. The van der Waals surface area contributed by atoms with Crippen molar-refractivity contribution in [2.24, 2.45) is 11.8 Å². The van der Waals surface area contributed by atoms with Gasteiger partial charge in [0, 0.05) is 29.1 Å². The third-order valence-corrected chi connectivity index (χ3v) is 6.93. The minimum Gasteiger partial charge on any atom is -0.489 e. The number of pyridine rings is 1. The molecule has 1 saturated carbocycles. The number of rotatable bonds is 7. The molecule has 3 aromatic rings. The number of benzene rings is 2. The van der Waals surface area contributed by atoms with Crippen LogP contribution in [0, 0.1) is 18.8 Å². The topological polar surface area (TPSA) is 91.8 Å². The lowest BCUT2D eigenvalue weighted by Gasteiger charge is -2.23. The third kappa shape index (κ3) is 4.61. The van der Waals surface area contributed by atoms with Gasteiger partial charge in [-0.25, -0.2) is 5.48 Å². The van der Waals surface area contributed by atoms with E-state index in [9.17, 15) is 9.59 Å². The van der Waals surface area contributed by atoms with Crippen LogP contribution < -0.4 is 10.2 Å². The van der Waals surface area contributed by atoms with Crippen molar-refractivity contribution >= 4 is 22.7 Å². The second-order valence-electron chi connectivity index (χ2n) is 9.34. The number of carbonyl (C=O) groups is 2. The van der Waals surface area contributed by atoms with Crippen molar-refractivity contribution in [3.63, 3.8) is 0 Å². The minimum atomic E-state index is -0.545. The molecule has 0 bridgehead atoms. The zero-order valence-corrected chi connectivity index (χ0v) is 19.2. The predicted molar refractivity (Wildman–Crippen MR) is 127 cm³/mol. The third-order valence-electron chi connectivity index (χ3n) is 6.93. The summed E-state index contributed by atoms with van der Waals surface area (Å²) in [6.45, 7) is 3.05. The van der Waals surface area contributed by atoms with Gasteiger partial charge in [-0.2, -0.15) is 0 Å². The average Bonchev–Trinajstić information content (AvgIpc) is 3.44. The molecule has 5 rings (SSSR count). The van der Waals surface area contributed by atoms with Gasteiger partial charge >= 0.3 is 0 Å². The van der Waals surface area contributed by atoms with E-state index in [1.165, 1.54) is 5.56 Å². The maximum Gasteiger partial charge on any atom is 0.266 e. The molecule has 2 heterocycles. The summed E-state index contributed by atoms with van der Waals surface area (Å²) in [5.41, 5.74) is 5.92. The molecule has 176 valence electrons. The highest BCUT2D eigenvalue weighted by Crippen LogP contribution is 2.43. The van der Waals surface area contributed by atoms with Gasteiger partial charge in [0.15, 0.2) is 0 Å². The van der Waals surface area contributed by atoms with Crippen molar-refractivity contribution in [3.8, 4) is 5.75 Å². The Balaban J connectivity index is 1.16. The maximum atomic E-state index is 12.9. The number of hydrogen-bond donors (Lipinski definition) is 2. The van der Waals surface area contributed by atoms with Crippen molar-refractivity contribution in [2.45, 2.75) is 45.3 Å². The maximum absolute atomic E-state index is 12.9. The fraction of sp³-hybridized carbons (Fsp3) is 0.370. The van der Waals surface area contributed by atoms with E-state index in [-0.39, 0.29) is 11.8 Å². The van der Waals surface area contributed by atoms with Gasteiger partial charge in [-0.05, 0) is 68.4 Å². The molecule has 2 fully saturated rings. The molecule has 7 heteroatoms. The van der Waals surface area contributed by atoms with Crippen LogP contribution in [-0.4, -0.2) is 39.5 Å². The largest absolute Gasteiger partial charge is 0.489 e. The Kier molecular flexibility index (Phi) is 6.20. The van der Waals surface area contributed by atoms with Crippen molar-refractivity contribution in [2.75, 3.05) is 6.54 Å². The van der Waals surface area contributed by atoms with Crippen LogP contribution in [-0.2, 0) is 22.6 Å². The van der Waals surface area contributed by atoms with Crippen LogP contribution in [0.3, 0.4) is 0 Å². The van der Waals surface area contributed by atoms with Crippen molar-refractivity contribution < 1.29 is 19.5 Å². The highest BCUT2D eigenvalue weighted by Gasteiger charge is 2.47. The SMILES string of the molecule is Cc1cc(COc2ccc(CC3CC3C(=O)N3CCCC3C(=O)NO)cc2)c2ccccc2n1. The zero-order valence-electron chi connectivity index (χ0n) is 19.2. The lowest BCUT2D eigenvalue weighted by atomic mass is 10.1. The van der Waals surface area contributed by atoms with Crippen LogP contribution in [0.25, 0.3) is 10.9 Å². The Morgan fingerprint density at radius 2 is 1.97 bits per heavy atom. The fourth-order valence-corrected chi connectivity index (χ4v) is 5.07. The lowest BCUT2D eigenvalue weighted by Crippen LogP contribution is -2.45. The normalized spacial score (nSPS) is 21.5. The Morgan fingerprint density at radius 3 is 2.76 bits per heavy atom. The number of nitrogens with zero attached hydrogens (tertiary/aromatic N) is 2. The first-order chi connectivity index (χ1) is 16.5. The quantitative estimate of drug-likeness (QED) is 0.414. The summed E-state index contributed by atoms with van der Waals surface area (Å²) in [6.07, 6.45) is 3.06. The van der Waals surface area contributed by atoms with Crippen LogP contribution >= 0.6 is 0 Å². The van der Waals surface area contributed by atoms with Gasteiger partial charge in [-0.15, -0.1) is 0 Å². The number of likely N-dealkylation sites (tertiary alicyclic amines) is 1. The van der Waals surface area contributed by atoms with Crippen LogP contribution in [0.2, 0.25) is 0 Å². The van der Waals surface area contributed by atoms with Gasteiger partial charge < -0.3 is 9.64 Å². The van der Waals surface area contributed by atoms with Crippen LogP contribution in [0.5, 0.6) is 5.75 Å². The molecule has 1 aliphatic carbocycles. The van der Waals surface area contributed by atoms with Crippen LogP contribution in [0.15, 0.2) is 54.6 Å². The molecule has 0 spiro atoms. The number of aryl methyl sites for hydroxylation is 1. The van der Waals surface area contributed by atoms with E-state index in [0.717, 1.165) is 47.2 Å². The zero-order chi connectivity index (χ0) is 23.7. The first-order valence-corrected chi connectivity index (χ1v) is 11.8. The van der Waals surface area contributed by atoms with E-state index in [4.69, 9.17) is 9.94 Å². The number of para-hydroxylation sites is 1. The minimum absolute atomic E-state index is 0.0359. The Hall–Kier alpha value is -3.45. The molecule has 2 aromatic carbocycles. The number of hydroxylamine groups is 1. The number of fused-ring (bicyclic) bond motifs is 1. The monoisotopic (exact) mass is 459 g/mol. The number of carbonyl (C=O) groups excluding carboxylic acids is 2. The predicted octanol–water partition coefficient (Wildman–Crippen LogP) is 3.80. The van der Waals surface area contributed by atoms with E-state index in [0.29, 0.717) is 25.5 Å². The summed E-state index contributed by atoms with van der Waals surface area (Å²) in [4.78, 5) is 30.9. The molecule has 34 heavy (non-hydrogen) atoms. The summed E-state index contributed by atoms with van der Waals surface area (Å²) < 4.78 is 6.06. The Morgan fingerprint density at radius 1 is 1.18 bits per heavy atom. The number of ether oxygens (including phenoxy) is 1. The van der Waals surface area contributed by atoms with E-state index in [1.54, 1.807) is 10.4 Å². The van der Waals surface area contributed by atoms with E-state index >= 15 is 0 Å². The Bertz CT molecular complexity index is 1210. The molecule has 0 radical (unpaired) electrons. The van der Waals surface area contributed by atoms with Gasteiger partial charge in [-0.3, -0.25) is 19.8 Å². The average molecular weight is 460 g/mol. The van der Waals surface area contributed by atoms with Crippen molar-refractivity contribution in [1.29, 1.82) is 0 Å². The lowest BCUT2D eigenvalue weighted by molar-refractivity contribution is -0.143. The first kappa shape index (κ1) is 22.3. The summed E-state index contributed by atoms with van der Waals surface area (Å²) in [5.74, 6) is 0.611. The molecule has 2 aliphatic rings. The number of nitrogens with one attached hydrogen (secondary N) is 1. The second-order valence-corrected chi connectivity index (χ2v) is 9.34. The molecule has 1 aromatic heterocycles. The molecular formula is C27H29N3O4. The molecule has 1 saturated heterocycles. The standard InChI is InChI=1S/C27H29N3O4/c1-17-13-20(22-5-2-3-6-24(22)28-17)16-34-21-10-8-18(9-11-21)14-19-15-23(19)27(32)30-12-4-7-25(30)26(31)29-33/h2-3,5-6,8-11,13,19,23,25,33H,4,7,12,14-16H2,1H3,(H,29,31). The summed E-state index contributed by atoms with van der Waals surface area (Å²) >= 11 is 0. The van der Waals surface area contributed by atoms with E-state index < -0.39 is 11.9 Å². The van der Waals surface area contributed by atoms with Crippen molar-refractivity contribution in [3.05, 3.63) is 71.4 Å². The molecule has 3 unspecified atom stereocenters. The summed E-state index contributed by atoms with van der Waals surface area (Å²) in [6, 6.07) is 17.7. The van der Waals surface area contributed by atoms with E-state index in [1.807, 2.05) is 37.3 Å². The molecule has 7 nitrogen and oxygen atoms in total. The fourth-order valence-electron chi connectivity index (χ4n) is 5.07. The molecule has 3 atom stereocenters. The first-order valence-electron chi connectivity index (χ1n) is 11.8. The number of hydrogen-bond acceptors (Lipinski definition) is 5. The highest BCUT2D eigenvalue weighted by molar-refractivity contribution is 5.89. The highest BCUT2D eigenvalue weighted by atomic mass is 16.5. The van der Waals surface area contributed by atoms with Gasteiger partial charge in [-0.1, -0.05) is 30.3 Å². The summed E-state index contributed by atoms with van der Waals surface area (Å²) in [5, 5.41) is 10.0. The molecule has 1 aliphatic heterocycles. The van der Waals surface area contributed by atoms with Crippen LogP contribution in [0.1, 0.15) is 36.1 Å². The summed E-state index contributed by atoms with van der Waals surface area (Å²) in [7, 11) is 0. The smallest absolute Gasteiger partial charge is 0.266 e. The van der Waals surface area contributed by atoms with Crippen LogP contribution in [0.4, 0.5) is 0 Å². The number of amides is 2. The van der Waals surface area contributed by atoms with E-state index in [2.05, 4.69) is 29.2 Å². The number of aromatic nitrogens is 1. The van der Waals surface area contributed by atoms with Gasteiger partial charge in [0.05, 0.1) is 5.52 Å². The van der Waals surface area contributed by atoms with Gasteiger partial charge in [0.25, 0.3) is 5.91 Å². The molecule has 2 N–H and O–H groups in total. The molecule has 2 amide bonds.